The maximum atomic E-state index is 12.0. The highest BCUT2D eigenvalue weighted by molar-refractivity contribution is 7.85. The van der Waals surface area contributed by atoms with Crippen molar-refractivity contribution in [2.24, 2.45) is 5.92 Å². The van der Waals surface area contributed by atoms with E-state index in [1.165, 1.54) is 27.7 Å². The van der Waals surface area contributed by atoms with Gasteiger partial charge in [-0.2, -0.15) is 13.0 Å². The van der Waals surface area contributed by atoms with Gasteiger partial charge in [-0.25, -0.2) is 13.2 Å². The largest absolute Gasteiger partial charge is 0.748 e. The van der Waals surface area contributed by atoms with Crippen LogP contribution in [0, 0.1) is 5.92 Å². The average Bonchev–Trinajstić information content (AvgIpc) is 3.62. The Morgan fingerprint density at radius 2 is 1.43 bits per heavy atom. The SMILES string of the molecule is CC1(C)C(/C=C/C2=C(c3ccc(C(=O)O)cc3)C(C/C=C3\N(CCCCS(=O)(=O)O)c4ccc5ccccc5c4C3(C)C)CCC2)=[N+](CCCCS(=O)(=O)[O-])c2ccc3ccccc3c21. The number of carbonyl (C=O) groups is 1. The summed E-state index contributed by atoms with van der Waals surface area (Å²) in [6, 6.07) is 32.5. The van der Waals surface area contributed by atoms with Gasteiger partial charge in [0.05, 0.1) is 26.8 Å². The van der Waals surface area contributed by atoms with Crippen molar-refractivity contribution in [1.82, 2.24) is 0 Å². The summed E-state index contributed by atoms with van der Waals surface area (Å²) in [4.78, 5) is 14.3. The van der Waals surface area contributed by atoms with Crippen LogP contribution in [-0.4, -0.2) is 71.9 Å². The monoisotopic (exact) mass is 914 g/mol. The number of carboxylic acid groups (broad SMARTS) is 1. The fraction of sp³-hybridized carbons (Fsp3) is 0.358. The Balaban J connectivity index is 1.21. The lowest BCUT2D eigenvalue weighted by Crippen LogP contribution is -2.28. The van der Waals surface area contributed by atoms with E-state index in [9.17, 15) is 35.8 Å². The van der Waals surface area contributed by atoms with E-state index in [0.29, 0.717) is 38.8 Å². The van der Waals surface area contributed by atoms with E-state index < -0.39 is 37.4 Å². The van der Waals surface area contributed by atoms with Crippen LogP contribution in [0.5, 0.6) is 0 Å². The zero-order valence-electron chi connectivity index (χ0n) is 37.6. The lowest BCUT2D eigenvalue weighted by molar-refractivity contribution is -0.438. The number of allylic oxidation sites excluding steroid dienone is 6. The van der Waals surface area contributed by atoms with Gasteiger partial charge in [0.1, 0.15) is 6.54 Å². The highest BCUT2D eigenvalue weighted by Gasteiger charge is 2.46. The standard InChI is InChI=1S/C53H58N2O8S2/c1-52(2)46(54(32-9-11-34-64(58,59)60)44-28-24-36-14-5-7-18-42(36)49(44)52)30-26-38-16-13-17-39(48(38)40-20-22-41(23-21-40)51(56)57)27-31-47-53(3,4)50-43-19-8-6-15-37(43)25-29-45(50)55(47)33-10-12-35-65(61,62)63/h5-8,14-15,18-26,28-31,39H,9-13,16-17,27,32-35H2,1-4H3,(H2-,56,57,58,59,60,61,62,63)/b30-26+,47-31-. The van der Waals surface area contributed by atoms with Crippen molar-refractivity contribution in [3.05, 3.63) is 149 Å². The lowest BCUT2D eigenvalue weighted by atomic mass is 9.75. The summed E-state index contributed by atoms with van der Waals surface area (Å²) >= 11 is 0. The normalized spacial score (nSPS) is 19.0. The Labute approximate surface area is 383 Å². The smallest absolute Gasteiger partial charge is 0.335 e. The lowest BCUT2D eigenvalue weighted by Gasteiger charge is -2.31. The van der Waals surface area contributed by atoms with Crippen LogP contribution in [0.4, 0.5) is 11.4 Å². The third-order valence-corrected chi connectivity index (χ3v) is 15.4. The minimum Gasteiger partial charge on any atom is -0.748 e. The molecule has 8 rings (SSSR count). The van der Waals surface area contributed by atoms with Crippen molar-refractivity contribution in [3.8, 4) is 0 Å². The second-order valence-corrected chi connectivity index (χ2v) is 21.9. The number of carboxylic acids is 1. The number of anilines is 1. The Bertz CT molecular complexity index is 3030. The average molecular weight is 915 g/mol. The number of unbranched alkanes of at least 4 members (excludes halogenated alkanes) is 2. The molecule has 5 aromatic rings. The molecule has 2 heterocycles. The zero-order chi connectivity index (χ0) is 46.3. The van der Waals surface area contributed by atoms with Crippen LogP contribution < -0.4 is 4.90 Å². The summed E-state index contributed by atoms with van der Waals surface area (Å²) in [6.07, 6.45) is 11.9. The third kappa shape index (κ3) is 9.50. The highest BCUT2D eigenvalue weighted by atomic mass is 32.2. The Morgan fingerprint density at radius 1 is 0.785 bits per heavy atom. The number of nitrogens with zero attached hydrogens (tertiary/aromatic N) is 2. The molecule has 0 fully saturated rings. The summed E-state index contributed by atoms with van der Waals surface area (Å²) in [5.41, 5.74) is 9.56. The van der Waals surface area contributed by atoms with Crippen LogP contribution in [0.1, 0.15) is 106 Å². The van der Waals surface area contributed by atoms with Crippen molar-refractivity contribution in [1.29, 1.82) is 0 Å². The second-order valence-electron chi connectivity index (χ2n) is 18.8. The van der Waals surface area contributed by atoms with E-state index in [0.717, 1.165) is 63.8 Å². The van der Waals surface area contributed by atoms with Crippen LogP contribution in [-0.2, 0) is 31.1 Å². The van der Waals surface area contributed by atoms with Gasteiger partial charge < -0.3 is 14.6 Å². The summed E-state index contributed by atoms with van der Waals surface area (Å²) in [6.45, 7) is 10.1. The van der Waals surface area contributed by atoms with Gasteiger partial charge in [-0.15, -0.1) is 0 Å². The van der Waals surface area contributed by atoms with E-state index in [2.05, 4.69) is 116 Å². The fourth-order valence-electron chi connectivity index (χ4n) is 10.9. The molecule has 0 amide bonds. The molecule has 0 aromatic heterocycles. The first-order valence-electron chi connectivity index (χ1n) is 22.7. The van der Waals surface area contributed by atoms with Crippen LogP contribution in [0.3, 0.4) is 0 Å². The molecule has 5 aromatic carbocycles. The van der Waals surface area contributed by atoms with Gasteiger partial charge in [0.2, 0.25) is 5.69 Å². The molecule has 340 valence electrons. The predicted octanol–water partition coefficient (Wildman–Crippen LogP) is 10.9. The minimum atomic E-state index is -4.33. The summed E-state index contributed by atoms with van der Waals surface area (Å²) in [5, 5.41) is 14.5. The molecule has 0 saturated carbocycles. The number of rotatable bonds is 16. The molecule has 3 aliphatic rings. The summed E-state index contributed by atoms with van der Waals surface area (Å²) in [7, 11) is -8.41. The Morgan fingerprint density at radius 3 is 2.09 bits per heavy atom. The topological polar surface area (TPSA) is 155 Å². The molecule has 2 aliphatic heterocycles. The highest BCUT2D eigenvalue weighted by Crippen LogP contribution is 2.52. The maximum absolute atomic E-state index is 12.0. The van der Waals surface area contributed by atoms with Crippen molar-refractivity contribution < 1.29 is 40.4 Å². The van der Waals surface area contributed by atoms with Gasteiger partial charge in [0, 0.05) is 53.2 Å². The van der Waals surface area contributed by atoms with Crippen LogP contribution in [0.25, 0.3) is 27.1 Å². The number of hydrogen-bond donors (Lipinski definition) is 2. The molecule has 1 aliphatic carbocycles. The van der Waals surface area contributed by atoms with Gasteiger partial charge in [-0.1, -0.05) is 92.7 Å². The second kappa shape index (κ2) is 18.1. The zero-order valence-corrected chi connectivity index (χ0v) is 39.2. The molecule has 1 atom stereocenters. The van der Waals surface area contributed by atoms with Gasteiger partial charge in [0.15, 0.2) is 5.71 Å². The molecule has 0 radical (unpaired) electrons. The number of aromatic carboxylic acids is 1. The molecule has 65 heavy (non-hydrogen) atoms. The van der Waals surface area contributed by atoms with Crippen LogP contribution in [0.15, 0.2) is 127 Å². The first-order chi connectivity index (χ1) is 30.8. The molecular formula is C53H58N2O8S2. The van der Waals surface area contributed by atoms with Crippen LogP contribution in [0.2, 0.25) is 0 Å². The van der Waals surface area contributed by atoms with Gasteiger partial charge in [-0.3, -0.25) is 4.55 Å². The first kappa shape index (κ1) is 46.1. The molecule has 0 spiro atoms. The molecule has 1 unspecified atom stereocenters. The van der Waals surface area contributed by atoms with E-state index in [4.69, 9.17) is 0 Å². The molecule has 12 heteroatoms. The number of benzene rings is 5. The molecule has 2 N–H and O–H groups in total. The first-order valence-corrected chi connectivity index (χ1v) is 25.8. The van der Waals surface area contributed by atoms with Crippen molar-refractivity contribution >= 4 is 70.4 Å². The molecule has 0 bridgehead atoms. The van der Waals surface area contributed by atoms with E-state index in [-0.39, 0.29) is 29.1 Å². The van der Waals surface area contributed by atoms with Crippen LogP contribution >= 0.6 is 0 Å². The maximum Gasteiger partial charge on any atom is 0.335 e. The van der Waals surface area contributed by atoms with Crippen molar-refractivity contribution in [2.45, 2.75) is 89.9 Å². The summed E-state index contributed by atoms with van der Waals surface area (Å²) in [5.74, 6) is -1.58. The Hall–Kier alpha value is -5.40. The van der Waals surface area contributed by atoms with Crippen molar-refractivity contribution in [3.63, 3.8) is 0 Å². The quantitative estimate of drug-likeness (QED) is 0.0559. The summed E-state index contributed by atoms with van der Waals surface area (Å²) < 4.78 is 69.7. The minimum absolute atomic E-state index is 0.0945. The molecule has 0 saturated heterocycles. The number of fused-ring (bicyclic) bond motifs is 6. The third-order valence-electron chi connectivity index (χ3n) is 13.8. The Kier molecular flexibility index (Phi) is 12.9. The van der Waals surface area contributed by atoms with Gasteiger partial charge >= 0.3 is 5.97 Å². The number of hydrogen-bond acceptors (Lipinski definition) is 7. The van der Waals surface area contributed by atoms with Gasteiger partial charge in [0.25, 0.3) is 10.1 Å². The molecule has 10 nitrogen and oxygen atoms in total. The molecular weight excluding hydrogens is 857 g/mol. The van der Waals surface area contributed by atoms with E-state index in [1.807, 2.05) is 24.3 Å². The predicted molar refractivity (Wildman–Crippen MR) is 260 cm³/mol. The van der Waals surface area contributed by atoms with E-state index in [1.54, 1.807) is 12.1 Å². The fourth-order valence-corrected chi connectivity index (χ4v) is 12.0. The van der Waals surface area contributed by atoms with Crippen molar-refractivity contribution in [2.75, 3.05) is 29.5 Å². The van der Waals surface area contributed by atoms with Gasteiger partial charge in [-0.05, 0) is 133 Å². The van der Waals surface area contributed by atoms with E-state index >= 15 is 0 Å².